The van der Waals surface area contributed by atoms with E-state index >= 15 is 0 Å². The summed E-state index contributed by atoms with van der Waals surface area (Å²) in [4.78, 5) is 25.2. The van der Waals surface area contributed by atoms with E-state index in [9.17, 15) is 9.59 Å². The molecule has 2 saturated heterocycles. The molecule has 25 heavy (non-hydrogen) atoms. The summed E-state index contributed by atoms with van der Waals surface area (Å²) in [7, 11) is 0. The van der Waals surface area contributed by atoms with Gasteiger partial charge in [0.25, 0.3) is 0 Å². The molecule has 0 unspecified atom stereocenters. The number of hydrogen-bond donors (Lipinski definition) is 2. The van der Waals surface area contributed by atoms with Gasteiger partial charge in [-0.25, -0.2) is 0 Å². The van der Waals surface area contributed by atoms with E-state index in [1.165, 1.54) is 6.92 Å². The van der Waals surface area contributed by atoms with Gasteiger partial charge >= 0.3 is 0 Å². The minimum absolute atomic E-state index is 0.0197. The van der Waals surface area contributed by atoms with Crippen molar-refractivity contribution in [1.29, 1.82) is 0 Å². The molecular weight excluding hydrogens is 342 g/mol. The van der Waals surface area contributed by atoms with Crippen molar-refractivity contribution in [2.24, 2.45) is 0 Å². The Morgan fingerprint density at radius 2 is 2.04 bits per heavy atom. The van der Waals surface area contributed by atoms with Gasteiger partial charge in [-0.3, -0.25) is 14.5 Å². The van der Waals surface area contributed by atoms with Gasteiger partial charge in [0.15, 0.2) is 0 Å². The fourth-order valence-electron chi connectivity index (χ4n) is 3.51. The number of rotatable bonds is 5. The molecule has 7 heteroatoms. The predicted molar refractivity (Wildman–Crippen MR) is 95.4 cm³/mol. The molecule has 6 nitrogen and oxygen atoms in total. The Morgan fingerprint density at radius 1 is 1.28 bits per heavy atom. The molecule has 136 valence electrons. The van der Waals surface area contributed by atoms with Gasteiger partial charge < -0.3 is 15.4 Å². The minimum Gasteiger partial charge on any atom is -0.371 e. The molecule has 3 rings (SSSR count). The molecule has 2 aliphatic rings. The monoisotopic (exact) mass is 365 g/mol. The summed E-state index contributed by atoms with van der Waals surface area (Å²) in [5.41, 5.74) is 1.13. The van der Waals surface area contributed by atoms with Crippen LogP contribution in [0.4, 0.5) is 0 Å². The second-order valence-electron chi connectivity index (χ2n) is 6.71. The zero-order valence-corrected chi connectivity index (χ0v) is 15.1. The molecule has 0 radical (unpaired) electrons. The highest BCUT2D eigenvalue weighted by molar-refractivity contribution is 6.30. The van der Waals surface area contributed by atoms with Crippen LogP contribution in [-0.2, 0) is 14.3 Å². The zero-order valence-electron chi connectivity index (χ0n) is 14.3. The smallest absolute Gasteiger partial charge is 0.222 e. The van der Waals surface area contributed by atoms with E-state index < -0.39 is 0 Å². The minimum atomic E-state index is -0.115. The lowest BCUT2D eigenvalue weighted by atomic mass is 10.1. The van der Waals surface area contributed by atoms with Gasteiger partial charge in [-0.05, 0) is 24.1 Å². The number of carbonyl (C=O) groups excluding carboxylic acids is 2. The van der Waals surface area contributed by atoms with Crippen LogP contribution >= 0.6 is 11.6 Å². The SMILES string of the molecule is CC(=O)NCCC(=O)N[C@H]1C[C@H]2CO[C@@H](c3ccc(Cl)cc3)CN2C1. The van der Waals surface area contributed by atoms with Crippen LogP contribution in [-0.4, -0.2) is 55.0 Å². The van der Waals surface area contributed by atoms with E-state index in [1.807, 2.05) is 24.3 Å². The van der Waals surface area contributed by atoms with Gasteiger partial charge in [-0.15, -0.1) is 0 Å². The Kier molecular flexibility index (Phi) is 5.93. The van der Waals surface area contributed by atoms with Crippen LogP contribution in [0.2, 0.25) is 5.02 Å². The van der Waals surface area contributed by atoms with Gasteiger partial charge in [0, 0.05) is 50.1 Å². The summed E-state index contributed by atoms with van der Waals surface area (Å²) in [5.74, 6) is -0.134. The predicted octanol–water partition coefficient (Wildman–Crippen LogP) is 1.50. The highest BCUT2D eigenvalue weighted by Crippen LogP contribution is 2.30. The second kappa shape index (κ2) is 8.17. The van der Waals surface area contributed by atoms with Crippen molar-refractivity contribution in [2.75, 3.05) is 26.2 Å². The van der Waals surface area contributed by atoms with Gasteiger partial charge in [0.1, 0.15) is 0 Å². The van der Waals surface area contributed by atoms with Gasteiger partial charge in [0.05, 0.1) is 12.7 Å². The summed E-state index contributed by atoms with van der Waals surface area (Å²) in [6.07, 6.45) is 1.26. The number of nitrogens with zero attached hydrogens (tertiary/aromatic N) is 1. The average Bonchev–Trinajstić information content (AvgIpc) is 2.96. The topological polar surface area (TPSA) is 70.7 Å². The van der Waals surface area contributed by atoms with Crippen LogP contribution < -0.4 is 10.6 Å². The molecule has 2 N–H and O–H groups in total. The molecule has 0 bridgehead atoms. The fourth-order valence-corrected chi connectivity index (χ4v) is 3.64. The van der Waals surface area contributed by atoms with Crippen LogP contribution in [0.3, 0.4) is 0 Å². The van der Waals surface area contributed by atoms with Gasteiger partial charge in [0.2, 0.25) is 11.8 Å². The summed E-state index contributed by atoms with van der Waals surface area (Å²) in [6, 6.07) is 8.27. The number of benzene rings is 1. The molecule has 2 heterocycles. The van der Waals surface area contributed by atoms with Crippen LogP contribution in [0, 0.1) is 0 Å². The van der Waals surface area contributed by atoms with E-state index in [-0.39, 0.29) is 24.0 Å². The fraction of sp³-hybridized carbons (Fsp3) is 0.556. The van der Waals surface area contributed by atoms with Crippen molar-refractivity contribution in [3.05, 3.63) is 34.9 Å². The van der Waals surface area contributed by atoms with Crippen molar-refractivity contribution >= 4 is 23.4 Å². The van der Waals surface area contributed by atoms with Crippen molar-refractivity contribution in [3.8, 4) is 0 Å². The number of fused-ring (bicyclic) bond motifs is 1. The van der Waals surface area contributed by atoms with Gasteiger partial charge in [-0.2, -0.15) is 0 Å². The maximum Gasteiger partial charge on any atom is 0.222 e. The summed E-state index contributed by atoms with van der Waals surface area (Å²) < 4.78 is 6.02. The summed E-state index contributed by atoms with van der Waals surface area (Å²) in [6.45, 7) is 4.16. The molecule has 1 aromatic rings. The average molecular weight is 366 g/mol. The van der Waals surface area contributed by atoms with Crippen molar-refractivity contribution < 1.29 is 14.3 Å². The molecule has 2 fully saturated rings. The van der Waals surface area contributed by atoms with E-state index in [1.54, 1.807) is 0 Å². The molecule has 2 aliphatic heterocycles. The summed E-state index contributed by atoms with van der Waals surface area (Å²) >= 11 is 5.95. The van der Waals surface area contributed by atoms with E-state index in [0.717, 1.165) is 30.1 Å². The van der Waals surface area contributed by atoms with Crippen molar-refractivity contribution in [2.45, 2.75) is 38.0 Å². The molecule has 1 aromatic carbocycles. The first-order chi connectivity index (χ1) is 12.0. The van der Waals surface area contributed by atoms with Gasteiger partial charge in [-0.1, -0.05) is 23.7 Å². The first-order valence-corrected chi connectivity index (χ1v) is 9.04. The Labute approximate surface area is 152 Å². The maximum absolute atomic E-state index is 12.0. The van der Waals surface area contributed by atoms with Crippen molar-refractivity contribution in [3.63, 3.8) is 0 Å². The lowest BCUT2D eigenvalue weighted by molar-refractivity contribution is -0.122. The molecule has 0 saturated carbocycles. The number of halogens is 1. The Balaban J connectivity index is 1.48. The molecule has 3 atom stereocenters. The number of morpholine rings is 1. The lowest BCUT2D eigenvalue weighted by Gasteiger charge is -2.35. The number of carbonyl (C=O) groups is 2. The van der Waals surface area contributed by atoms with E-state index in [4.69, 9.17) is 16.3 Å². The van der Waals surface area contributed by atoms with Crippen molar-refractivity contribution in [1.82, 2.24) is 15.5 Å². The van der Waals surface area contributed by atoms with E-state index in [2.05, 4.69) is 15.5 Å². The normalized spacial score (nSPS) is 26.1. The summed E-state index contributed by atoms with van der Waals surface area (Å²) in [5, 5.41) is 6.43. The Hall–Kier alpha value is -1.63. The number of amides is 2. The molecule has 2 amide bonds. The second-order valence-corrected chi connectivity index (χ2v) is 7.15. The lowest BCUT2D eigenvalue weighted by Crippen LogP contribution is -2.43. The molecule has 0 aromatic heterocycles. The first kappa shape index (κ1) is 18.2. The molecule has 0 aliphatic carbocycles. The third-order valence-corrected chi connectivity index (χ3v) is 5.00. The van der Waals surface area contributed by atoms with Crippen LogP contribution in [0.1, 0.15) is 31.4 Å². The maximum atomic E-state index is 12.0. The number of ether oxygens (including phenoxy) is 1. The largest absolute Gasteiger partial charge is 0.371 e. The third-order valence-electron chi connectivity index (χ3n) is 4.75. The first-order valence-electron chi connectivity index (χ1n) is 8.66. The molecule has 0 spiro atoms. The van der Waals surface area contributed by atoms with Crippen LogP contribution in [0.25, 0.3) is 0 Å². The Morgan fingerprint density at radius 3 is 2.76 bits per heavy atom. The molecular formula is C18H24ClN3O3. The number of hydrogen-bond acceptors (Lipinski definition) is 4. The Bertz CT molecular complexity index is 622. The van der Waals surface area contributed by atoms with E-state index in [0.29, 0.717) is 25.6 Å². The highest BCUT2D eigenvalue weighted by Gasteiger charge is 2.38. The van der Waals surface area contributed by atoms with Crippen LogP contribution in [0.5, 0.6) is 0 Å². The standard InChI is InChI=1S/C18H24ClN3O3/c1-12(23)20-7-6-18(24)21-15-8-16-11-25-17(10-22(16)9-15)13-2-4-14(19)5-3-13/h2-5,15-17H,6-11H2,1H3,(H,20,23)(H,21,24)/t15-,16-,17+/m0/s1. The quantitative estimate of drug-likeness (QED) is 0.829. The third kappa shape index (κ3) is 4.93. The van der Waals surface area contributed by atoms with Crippen LogP contribution in [0.15, 0.2) is 24.3 Å². The number of nitrogens with one attached hydrogen (secondary N) is 2. The highest BCUT2D eigenvalue weighted by atomic mass is 35.5. The zero-order chi connectivity index (χ0) is 17.8.